The summed E-state index contributed by atoms with van der Waals surface area (Å²) in [4.78, 5) is 14.7. The van der Waals surface area contributed by atoms with Crippen LogP contribution in [0, 0.1) is 5.92 Å². The zero-order chi connectivity index (χ0) is 17.5. The highest BCUT2D eigenvalue weighted by atomic mass is 35.5. The summed E-state index contributed by atoms with van der Waals surface area (Å²) in [7, 11) is 0. The molecule has 1 atom stereocenters. The molecule has 0 aromatic heterocycles. The van der Waals surface area contributed by atoms with Gasteiger partial charge in [-0.3, -0.25) is 9.69 Å². The SMILES string of the molecule is CC(C)CC(CNC(=O)Cc1c(Cl)cccc1Cl)N1CCOCC1. The molecule has 0 radical (unpaired) electrons. The predicted molar refractivity (Wildman–Crippen MR) is 98.8 cm³/mol. The first-order valence-electron chi connectivity index (χ1n) is 8.48. The second-order valence-electron chi connectivity index (χ2n) is 6.61. The molecule has 6 heteroatoms. The van der Waals surface area contributed by atoms with E-state index in [4.69, 9.17) is 27.9 Å². The van der Waals surface area contributed by atoms with Crippen molar-refractivity contribution in [3.05, 3.63) is 33.8 Å². The number of carbonyl (C=O) groups is 1. The molecular weight excluding hydrogens is 347 g/mol. The van der Waals surface area contributed by atoms with E-state index in [1.165, 1.54) is 0 Å². The lowest BCUT2D eigenvalue weighted by molar-refractivity contribution is -0.120. The molecule has 134 valence electrons. The standard InChI is InChI=1S/C18H26Cl2N2O2/c1-13(2)10-14(22-6-8-24-9-7-22)12-21-18(23)11-15-16(19)4-3-5-17(15)20/h3-5,13-14H,6-12H2,1-2H3,(H,21,23). The van der Waals surface area contributed by atoms with Crippen molar-refractivity contribution < 1.29 is 9.53 Å². The number of amides is 1. The maximum atomic E-state index is 12.3. The first-order chi connectivity index (χ1) is 11.5. The minimum Gasteiger partial charge on any atom is -0.379 e. The van der Waals surface area contributed by atoms with E-state index in [-0.39, 0.29) is 12.3 Å². The average molecular weight is 373 g/mol. The van der Waals surface area contributed by atoms with E-state index in [1.54, 1.807) is 18.2 Å². The van der Waals surface area contributed by atoms with Crippen LogP contribution in [0.1, 0.15) is 25.8 Å². The molecular formula is C18H26Cl2N2O2. The lowest BCUT2D eigenvalue weighted by atomic mass is 10.0. The number of carbonyl (C=O) groups excluding carboxylic acids is 1. The second-order valence-corrected chi connectivity index (χ2v) is 7.43. The molecule has 24 heavy (non-hydrogen) atoms. The first kappa shape index (κ1) is 19.5. The van der Waals surface area contributed by atoms with E-state index in [0.717, 1.165) is 32.7 Å². The van der Waals surface area contributed by atoms with Gasteiger partial charge in [-0.15, -0.1) is 0 Å². The van der Waals surface area contributed by atoms with Gasteiger partial charge in [-0.25, -0.2) is 0 Å². The third-order valence-corrected chi connectivity index (χ3v) is 4.95. The Hall–Kier alpha value is -0.810. The number of ether oxygens (including phenoxy) is 1. The van der Waals surface area contributed by atoms with Crippen LogP contribution in [-0.4, -0.2) is 49.7 Å². The van der Waals surface area contributed by atoms with E-state index in [2.05, 4.69) is 24.1 Å². The number of halogens is 2. The van der Waals surface area contributed by atoms with Gasteiger partial charge in [-0.1, -0.05) is 43.1 Å². The van der Waals surface area contributed by atoms with Gasteiger partial charge in [-0.2, -0.15) is 0 Å². The van der Waals surface area contributed by atoms with Gasteiger partial charge in [0.2, 0.25) is 5.91 Å². The van der Waals surface area contributed by atoms with Crippen molar-refractivity contribution in [3.63, 3.8) is 0 Å². The van der Waals surface area contributed by atoms with Gasteiger partial charge in [0.15, 0.2) is 0 Å². The smallest absolute Gasteiger partial charge is 0.224 e. The van der Waals surface area contributed by atoms with Gasteiger partial charge in [0.05, 0.1) is 19.6 Å². The Morgan fingerprint density at radius 3 is 2.46 bits per heavy atom. The van der Waals surface area contributed by atoms with E-state index in [1.807, 2.05) is 0 Å². The fraction of sp³-hybridized carbons (Fsp3) is 0.611. The predicted octanol–water partition coefficient (Wildman–Crippen LogP) is 3.40. The van der Waals surface area contributed by atoms with Crippen molar-refractivity contribution in [1.82, 2.24) is 10.2 Å². The molecule has 0 bridgehead atoms. The molecule has 1 fully saturated rings. The van der Waals surface area contributed by atoms with Crippen LogP contribution in [0.5, 0.6) is 0 Å². The number of hydrogen-bond donors (Lipinski definition) is 1. The Morgan fingerprint density at radius 2 is 1.88 bits per heavy atom. The van der Waals surface area contributed by atoms with Crippen LogP contribution < -0.4 is 5.32 Å². The van der Waals surface area contributed by atoms with Crippen LogP contribution in [0.4, 0.5) is 0 Å². The molecule has 1 N–H and O–H groups in total. The molecule has 1 aromatic carbocycles. The highest BCUT2D eigenvalue weighted by Crippen LogP contribution is 2.24. The first-order valence-corrected chi connectivity index (χ1v) is 9.24. The Morgan fingerprint density at radius 1 is 1.25 bits per heavy atom. The van der Waals surface area contributed by atoms with Gasteiger partial charge in [0, 0.05) is 35.7 Å². The molecule has 2 rings (SSSR count). The summed E-state index contributed by atoms with van der Waals surface area (Å²) in [5.74, 6) is 0.528. The zero-order valence-corrected chi connectivity index (χ0v) is 15.9. The summed E-state index contributed by atoms with van der Waals surface area (Å²) in [6, 6.07) is 5.62. The largest absolute Gasteiger partial charge is 0.379 e. The van der Waals surface area contributed by atoms with Gasteiger partial charge >= 0.3 is 0 Å². The van der Waals surface area contributed by atoms with Crippen LogP contribution in [-0.2, 0) is 16.0 Å². The van der Waals surface area contributed by atoms with Crippen LogP contribution in [0.3, 0.4) is 0 Å². The van der Waals surface area contributed by atoms with Gasteiger partial charge < -0.3 is 10.1 Å². The molecule has 1 saturated heterocycles. The lowest BCUT2D eigenvalue weighted by Gasteiger charge is -2.35. The minimum atomic E-state index is -0.0491. The highest BCUT2D eigenvalue weighted by Gasteiger charge is 2.22. The molecule has 0 aliphatic carbocycles. The lowest BCUT2D eigenvalue weighted by Crippen LogP contribution is -2.49. The number of benzene rings is 1. The number of morpholine rings is 1. The quantitative estimate of drug-likeness (QED) is 0.797. The summed E-state index contributed by atoms with van der Waals surface area (Å²) in [6.45, 7) is 8.42. The van der Waals surface area contributed by atoms with E-state index in [0.29, 0.717) is 34.1 Å². The number of rotatable bonds is 7. The molecule has 1 unspecified atom stereocenters. The molecule has 0 spiro atoms. The van der Waals surface area contributed by atoms with Crippen molar-refractivity contribution in [2.45, 2.75) is 32.7 Å². The van der Waals surface area contributed by atoms with Crippen LogP contribution in [0.15, 0.2) is 18.2 Å². The summed E-state index contributed by atoms with van der Waals surface area (Å²) < 4.78 is 5.43. The molecule has 4 nitrogen and oxygen atoms in total. The van der Waals surface area contributed by atoms with Crippen LogP contribution in [0.2, 0.25) is 10.0 Å². The van der Waals surface area contributed by atoms with Crippen LogP contribution >= 0.6 is 23.2 Å². The minimum absolute atomic E-state index is 0.0491. The molecule has 1 heterocycles. The van der Waals surface area contributed by atoms with Crippen molar-refractivity contribution in [2.75, 3.05) is 32.8 Å². The Bertz CT molecular complexity index is 526. The summed E-state index contributed by atoms with van der Waals surface area (Å²) in [5.41, 5.74) is 0.685. The normalized spacial score (nSPS) is 17.0. The van der Waals surface area contributed by atoms with Crippen molar-refractivity contribution in [1.29, 1.82) is 0 Å². The summed E-state index contributed by atoms with van der Waals surface area (Å²) >= 11 is 12.3. The third-order valence-electron chi connectivity index (χ3n) is 4.24. The van der Waals surface area contributed by atoms with Crippen LogP contribution in [0.25, 0.3) is 0 Å². The fourth-order valence-electron chi connectivity index (χ4n) is 3.00. The highest BCUT2D eigenvalue weighted by molar-refractivity contribution is 6.36. The van der Waals surface area contributed by atoms with E-state index < -0.39 is 0 Å². The van der Waals surface area contributed by atoms with E-state index >= 15 is 0 Å². The molecule has 1 amide bonds. The van der Waals surface area contributed by atoms with Crippen molar-refractivity contribution >= 4 is 29.1 Å². The average Bonchev–Trinajstić information content (AvgIpc) is 2.55. The molecule has 0 saturated carbocycles. The van der Waals surface area contributed by atoms with E-state index in [9.17, 15) is 4.79 Å². The molecule has 1 aliphatic rings. The molecule has 1 aliphatic heterocycles. The zero-order valence-electron chi connectivity index (χ0n) is 14.4. The second kappa shape index (κ2) is 9.62. The number of nitrogens with one attached hydrogen (secondary N) is 1. The summed E-state index contributed by atoms with van der Waals surface area (Å²) in [6.07, 6.45) is 1.25. The van der Waals surface area contributed by atoms with Crippen molar-refractivity contribution in [2.24, 2.45) is 5.92 Å². The number of hydrogen-bond acceptors (Lipinski definition) is 3. The maximum Gasteiger partial charge on any atom is 0.224 e. The number of nitrogens with zero attached hydrogens (tertiary/aromatic N) is 1. The Balaban J connectivity index is 1.91. The Kier molecular flexibility index (Phi) is 7.82. The van der Waals surface area contributed by atoms with Crippen molar-refractivity contribution in [3.8, 4) is 0 Å². The van der Waals surface area contributed by atoms with Gasteiger partial charge in [0.1, 0.15) is 0 Å². The Labute approximate surface area is 154 Å². The molecule has 1 aromatic rings. The topological polar surface area (TPSA) is 41.6 Å². The fourth-order valence-corrected chi connectivity index (χ4v) is 3.54. The third kappa shape index (κ3) is 5.92. The van der Waals surface area contributed by atoms with Gasteiger partial charge in [-0.05, 0) is 30.0 Å². The summed E-state index contributed by atoms with van der Waals surface area (Å²) in [5, 5.41) is 4.11. The monoisotopic (exact) mass is 372 g/mol. The van der Waals surface area contributed by atoms with Gasteiger partial charge in [0.25, 0.3) is 0 Å². The maximum absolute atomic E-state index is 12.3.